The highest BCUT2D eigenvalue weighted by molar-refractivity contribution is 7.23. The first-order chi connectivity index (χ1) is 13.7. The third-order valence-corrected chi connectivity index (χ3v) is 6.58. The zero-order valence-corrected chi connectivity index (χ0v) is 16.7. The average Bonchev–Trinajstić information content (AvgIpc) is 3.44. The molecule has 138 valence electrons. The lowest BCUT2D eigenvalue weighted by atomic mass is 10.3. The molecule has 0 saturated heterocycles. The monoisotopic (exact) mass is 425 g/mol. The van der Waals surface area contributed by atoms with Crippen molar-refractivity contribution in [3.05, 3.63) is 76.7 Å². The minimum Gasteiger partial charge on any atom is -0.467 e. The molecule has 5 aromatic rings. The summed E-state index contributed by atoms with van der Waals surface area (Å²) in [7, 11) is 0. The lowest BCUT2D eigenvalue weighted by Crippen LogP contribution is -2.30. The molecule has 5 rings (SSSR count). The van der Waals surface area contributed by atoms with E-state index in [2.05, 4.69) is 9.97 Å². The van der Waals surface area contributed by atoms with Crippen LogP contribution in [0.1, 0.15) is 15.6 Å². The summed E-state index contributed by atoms with van der Waals surface area (Å²) < 4.78 is 7.36. The number of rotatable bonds is 4. The maximum atomic E-state index is 13.4. The number of thiazole rings is 2. The molecule has 2 aromatic carbocycles. The van der Waals surface area contributed by atoms with Gasteiger partial charge in [-0.1, -0.05) is 41.1 Å². The standard InChI is InChI=1S/C20H12ClN3O2S2/c21-13-6-3-9-16-17(13)23-20(28-16)24(11-12-5-4-10-26-12)19(25)18-22-14-7-1-2-8-15(14)27-18/h1-10H,11H2. The number of hydrogen-bond donors (Lipinski definition) is 0. The Morgan fingerprint density at radius 1 is 1.00 bits per heavy atom. The lowest BCUT2D eigenvalue weighted by Gasteiger charge is -2.17. The van der Waals surface area contributed by atoms with Gasteiger partial charge in [-0.25, -0.2) is 9.97 Å². The molecule has 0 aliphatic rings. The van der Waals surface area contributed by atoms with Gasteiger partial charge in [0.1, 0.15) is 11.3 Å². The number of benzene rings is 2. The highest BCUT2D eigenvalue weighted by Crippen LogP contribution is 2.35. The summed E-state index contributed by atoms with van der Waals surface area (Å²) in [6.45, 7) is 0.263. The van der Waals surface area contributed by atoms with E-state index in [1.165, 1.54) is 22.7 Å². The van der Waals surface area contributed by atoms with Gasteiger partial charge < -0.3 is 4.42 Å². The number of carbonyl (C=O) groups excluding carboxylic acids is 1. The number of aromatic nitrogens is 2. The molecule has 3 aromatic heterocycles. The Morgan fingerprint density at radius 3 is 2.64 bits per heavy atom. The fourth-order valence-corrected chi connectivity index (χ4v) is 5.06. The normalized spacial score (nSPS) is 11.3. The van der Waals surface area contributed by atoms with E-state index in [0.29, 0.717) is 26.4 Å². The van der Waals surface area contributed by atoms with Crippen molar-refractivity contribution in [3.8, 4) is 0 Å². The summed E-state index contributed by atoms with van der Waals surface area (Å²) in [5, 5.41) is 1.53. The number of nitrogens with zero attached hydrogens (tertiary/aromatic N) is 3. The molecule has 0 radical (unpaired) electrons. The molecule has 0 N–H and O–H groups in total. The van der Waals surface area contributed by atoms with Crippen LogP contribution in [0.3, 0.4) is 0 Å². The third kappa shape index (κ3) is 3.07. The molecule has 0 bridgehead atoms. The Bertz CT molecular complexity index is 1260. The molecular weight excluding hydrogens is 414 g/mol. The maximum Gasteiger partial charge on any atom is 0.289 e. The molecule has 0 unspecified atom stereocenters. The van der Waals surface area contributed by atoms with Crippen molar-refractivity contribution in [2.75, 3.05) is 4.90 Å². The zero-order valence-electron chi connectivity index (χ0n) is 14.3. The molecule has 0 saturated carbocycles. The molecule has 0 aliphatic heterocycles. The molecule has 0 spiro atoms. The van der Waals surface area contributed by atoms with Gasteiger partial charge in [0.25, 0.3) is 5.91 Å². The molecule has 5 nitrogen and oxygen atoms in total. The van der Waals surface area contributed by atoms with Gasteiger partial charge in [0.15, 0.2) is 10.1 Å². The van der Waals surface area contributed by atoms with Gasteiger partial charge in [-0.3, -0.25) is 9.69 Å². The van der Waals surface area contributed by atoms with Crippen LogP contribution in [0.2, 0.25) is 5.02 Å². The lowest BCUT2D eigenvalue weighted by molar-refractivity contribution is 0.0983. The molecule has 8 heteroatoms. The van der Waals surface area contributed by atoms with E-state index in [9.17, 15) is 4.79 Å². The van der Waals surface area contributed by atoms with Crippen molar-refractivity contribution >= 4 is 65.7 Å². The van der Waals surface area contributed by atoms with Gasteiger partial charge in [-0.05, 0) is 36.4 Å². The van der Waals surface area contributed by atoms with Crippen molar-refractivity contribution in [2.24, 2.45) is 0 Å². The number of para-hydroxylation sites is 2. The minimum atomic E-state index is -0.215. The second-order valence-electron chi connectivity index (χ2n) is 6.04. The number of hydrogen-bond acceptors (Lipinski definition) is 6. The van der Waals surface area contributed by atoms with Gasteiger partial charge in [0, 0.05) is 0 Å². The SMILES string of the molecule is O=C(c1nc2ccccc2s1)N(Cc1ccco1)c1nc2c(Cl)cccc2s1. The molecule has 0 fully saturated rings. The quantitative estimate of drug-likeness (QED) is 0.354. The molecular formula is C20H12ClN3O2S2. The molecule has 28 heavy (non-hydrogen) atoms. The van der Waals surface area contributed by atoms with Crippen LogP contribution in [0.25, 0.3) is 20.4 Å². The Hall–Kier alpha value is -2.74. The van der Waals surface area contributed by atoms with E-state index >= 15 is 0 Å². The molecule has 3 heterocycles. The highest BCUT2D eigenvalue weighted by atomic mass is 35.5. The van der Waals surface area contributed by atoms with E-state index in [0.717, 1.165) is 14.9 Å². The first kappa shape index (κ1) is 17.4. The van der Waals surface area contributed by atoms with E-state index in [4.69, 9.17) is 16.0 Å². The van der Waals surface area contributed by atoms with Crippen LogP contribution in [-0.2, 0) is 6.54 Å². The van der Waals surface area contributed by atoms with Crippen LogP contribution in [0, 0.1) is 0 Å². The van der Waals surface area contributed by atoms with E-state index in [1.807, 2.05) is 42.5 Å². The number of carbonyl (C=O) groups is 1. The van der Waals surface area contributed by atoms with E-state index < -0.39 is 0 Å². The van der Waals surface area contributed by atoms with Crippen molar-refractivity contribution in [1.29, 1.82) is 0 Å². The molecule has 0 aliphatic carbocycles. The van der Waals surface area contributed by atoms with E-state index in [1.54, 1.807) is 23.3 Å². The second-order valence-corrected chi connectivity index (χ2v) is 8.49. The summed E-state index contributed by atoms with van der Waals surface area (Å²) in [6, 6.07) is 16.9. The largest absolute Gasteiger partial charge is 0.467 e. The van der Waals surface area contributed by atoms with Crippen molar-refractivity contribution in [3.63, 3.8) is 0 Å². The average molecular weight is 426 g/mol. The number of amides is 1. The maximum absolute atomic E-state index is 13.4. The number of anilines is 1. The van der Waals surface area contributed by atoms with E-state index in [-0.39, 0.29) is 12.5 Å². The summed E-state index contributed by atoms with van der Waals surface area (Å²) in [5.41, 5.74) is 1.49. The van der Waals surface area contributed by atoms with Gasteiger partial charge in [-0.2, -0.15) is 0 Å². The van der Waals surface area contributed by atoms with Crippen LogP contribution >= 0.6 is 34.3 Å². The Labute approximate surface area is 172 Å². The van der Waals surface area contributed by atoms with Gasteiger partial charge in [0.2, 0.25) is 0 Å². The highest BCUT2D eigenvalue weighted by Gasteiger charge is 2.25. The predicted octanol–water partition coefficient (Wildman–Crippen LogP) is 6.00. The van der Waals surface area contributed by atoms with Crippen LogP contribution in [0.4, 0.5) is 5.13 Å². The fourth-order valence-electron chi connectivity index (χ4n) is 2.88. The van der Waals surface area contributed by atoms with Gasteiger partial charge in [-0.15, -0.1) is 11.3 Å². The summed E-state index contributed by atoms with van der Waals surface area (Å²) >= 11 is 9.06. The van der Waals surface area contributed by atoms with Crippen LogP contribution in [-0.4, -0.2) is 15.9 Å². The number of fused-ring (bicyclic) bond motifs is 2. The Kier molecular flexibility index (Phi) is 4.35. The number of furan rings is 1. The fraction of sp³-hybridized carbons (Fsp3) is 0.0500. The molecule has 0 atom stereocenters. The zero-order chi connectivity index (χ0) is 19.1. The smallest absolute Gasteiger partial charge is 0.289 e. The van der Waals surface area contributed by atoms with Crippen LogP contribution in [0.15, 0.2) is 65.3 Å². The van der Waals surface area contributed by atoms with Gasteiger partial charge >= 0.3 is 0 Å². The molecule has 1 amide bonds. The predicted molar refractivity (Wildman–Crippen MR) is 113 cm³/mol. The van der Waals surface area contributed by atoms with Crippen molar-refractivity contribution < 1.29 is 9.21 Å². The summed E-state index contributed by atoms with van der Waals surface area (Å²) in [6.07, 6.45) is 1.59. The third-order valence-electron chi connectivity index (χ3n) is 4.21. The van der Waals surface area contributed by atoms with Crippen LogP contribution < -0.4 is 4.90 Å². The minimum absolute atomic E-state index is 0.215. The first-order valence-electron chi connectivity index (χ1n) is 8.44. The summed E-state index contributed by atoms with van der Waals surface area (Å²) in [4.78, 5) is 24.1. The Balaban J connectivity index is 1.60. The van der Waals surface area contributed by atoms with Crippen molar-refractivity contribution in [2.45, 2.75) is 6.54 Å². The second kappa shape index (κ2) is 7.01. The number of halogens is 1. The first-order valence-corrected chi connectivity index (χ1v) is 10.4. The van der Waals surface area contributed by atoms with Crippen molar-refractivity contribution in [1.82, 2.24) is 9.97 Å². The van der Waals surface area contributed by atoms with Gasteiger partial charge in [0.05, 0.1) is 32.7 Å². The van der Waals surface area contributed by atoms with Crippen LogP contribution in [0.5, 0.6) is 0 Å². The Morgan fingerprint density at radius 2 is 1.86 bits per heavy atom. The summed E-state index contributed by atoms with van der Waals surface area (Å²) in [5.74, 6) is 0.451. The topological polar surface area (TPSA) is 59.2 Å².